The van der Waals surface area contributed by atoms with Gasteiger partial charge in [0.05, 0.1) is 12.0 Å². The fraction of sp³-hybridized carbons (Fsp3) is 0.545. The molecule has 2 fully saturated rings. The van der Waals surface area contributed by atoms with Crippen LogP contribution in [0, 0.1) is 11.3 Å². The minimum absolute atomic E-state index is 0.00820. The molecule has 6 N–H and O–H groups in total. The van der Waals surface area contributed by atoms with Gasteiger partial charge in [0.1, 0.15) is 35.4 Å². The zero-order valence-corrected chi connectivity index (χ0v) is 43.9. The van der Waals surface area contributed by atoms with Crippen molar-refractivity contribution in [2.24, 2.45) is 11.3 Å². The van der Waals surface area contributed by atoms with Gasteiger partial charge in [-0.2, -0.15) is 0 Å². The van der Waals surface area contributed by atoms with Gasteiger partial charge in [-0.05, 0) is 103 Å². The molecule has 0 aliphatic carbocycles. The number of ether oxygens (including phenoxy) is 2. The van der Waals surface area contributed by atoms with Crippen molar-refractivity contribution < 1.29 is 56.9 Å². The molecule has 5 rings (SSSR count). The van der Waals surface area contributed by atoms with E-state index in [1.807, 2.05) is 19.9 Å². The molecule has 6 atom stereocenters. The smallest absolute Gasteiger partial charge is 0.408 e. The molecular weight excluding hydrogens is 957 g/mol. The van der Waals surface area contributed by atoms with Crippen molar-refractivity contribution in [3.8, 4) is 0 Å². The maximum Gasteiger partial charge on any atom is 0.408 e. The number of nitrogens with one attached hydrogen (secondary N) is 5. The lowest BCUT2D eigenvalue weighted by Crippen LogP contribution is -2.78. The lowest BCUT2D eigenvalue weighted by Gasteiger charge is -2.63. The fourth-order valence-corrected chi connectivity index (χ4v) is 9.37. The highest BCUT2D eigenvalue weighted by Gasteiger charge is 2.69. The van der Waals surface area contributed by atoms with Gasteiger partial charge in [0.15, 0.2) is 0 Å². The molecule has 0 radical (unpaired) electrons. The predicted molar refractivity (Wildman–Crippen MR) is 274 cm³/mol. The molecule has 2 heterocycles. The third-order valence-corrected chi connectivity index (χ3v) is 13.0. The van der Waals surface area contributed by atoms with Crippen LogP contribution in [-0.2, 0) is 47.9 Å². The van der Waals surface area contributed by atoms with Crippen LogP contribution in [0.4, 0.5) is 23.2 Å². The number of benzene rings is 3. The molecule has 0 bridgehead atoms. The van der Waals surface area contributed by atoms with Crippen LogP contribution in [0.1, 0.15) is 104 Å². The molecule has 3 aromatic rings. The van der Waals surface area contributed by atoms with Crippen LogP contribution in [0.3, 0.4) is 0 Å². The number of rotatable bonds is 21. The van der Waals surface area contributed by atoms with E-state index in [2.05, 4.69) is 26.6 Å². The topological polar surface area (TPSA) is 225 Å². The van der Waals surface area contributed by atoms with Crippen molar-refractivity contribution in [2.75, 3.05) is 26.2 Å². The standard InChI is InChI=1S/C55H75F2N7O10/c1-36(2)30-41(60-46(66)42(31-37-20-12-9-13-21-37)61-47(67)43(32-38-22-14-10-15-23-38)62-50(70)74-53(6,7)8)45(65)59-40(26-18-19-28-58-49(69)73-52(3,4)5)48(68)64-34-54(44(64)33-39-24-16-11-17-25-39)27-29-63(51(71)72)35-55(54,56)57/h9-17,20-25,36,40-44H,18-19,26-35H2,1-8H3,(H,58,69)(H,59,65)(H,60,66)(H,61,67)(H,62,70)(H,71,72)/t40-,41-,42-,43-,44?,54?/m1/s1. The number of carbonyl (C=O) groups excluding carboxylic acids is 6. The number of hydrogen-bond donors (Lipinski definition) is 6. The molecule has 0 aromatic heterocycles. The van der Waals surface area contributed by atoms with Crippen molar-refractivity contribution in [2.45, 2.75) is 154 Å². The van der Waals surface area contributed by atoms with Gasteiger partial charge in [-0.15, -0.1) is 0 Å². The molecule has 2 saturated heterocycles. The second-order valence-electron chi connectivity index (χ2n) is 21.8. The molecule has 19 heteroatoms. The van der Waals surface area contributed by atoms with Crippen molar-refractivity contribution in [3.63, 3.8) is 0 Å². The summed E-state index contributed by atoms with van der Waals surface area (Å²) in [7, 11) is 0. The van der Waals surface area contributed by atoms with E-state index in [4.69, 9.17) is 9.47 Å². The van der Waals surface area contributed by atoms with Gasteiger partial charge < -0.3 is 51.0 Å². The van der Waals surface area contributed by atoms with Gasteiger partial charge in [0.2, 0.25) is 23.6 Å². The number of halogens is 2. The van der Waals surface area contributed by atoms with E-state index in [9.17, 15) is 38.7 Å². The number of unbranched alkanes of at least 4 members (excludes halogenated alkanes) is 1. The highest BCUT2D eigenvalue weighted by Crippen LogP contribution is 2.55. The summed E-state index contributed by atoms with van der Waals surface area (Å²) >= 11 is 0. The maximum absolute atomic E-state index is 16.4. The maximum atomic E-state index is 16.4. The summed E-state index contributed by atoms with van der Waals surface area (Å²) in [5.41, 5.74) is -1.28. The Labute approximate surface area is 433 Å². The summed E-state index contributed by atoms with van der Waals surface area (Å²) in [5.74, 6) is -6.46. The Morgan fingerprint density at radius 2 is 1.12 bits per heavy atom. The zero-order chi connectivity index (χ0) is 54.4. The first-order valence-corrected chi connectivity index (χ1v) is 25.4. The second-order valence-corrected chi connectivity index (χ2v) is 21.8. The highest BCUT2D eigenvalue weighted by molar-refractivity contribution is 5.95. The number of alkyl halides is 2. The Morgan fingerprint density at radius 3 is 1.62 bits per heavy atom. The second kappa shape index (κ2) is 25.4. The number of alkyl carbamates (subject to hydrolysis) is 2. The predicted octanol–water partition coefficient (Wildman–Crippen LogP) is 7.02. The summed E-state index contributed by atoms with van der Waals surface area (Å²) < 4.78 is 43.6. The minimum atomic E-state index is -3.50. The van der Waals surface area contributed by atoms with E-state index in [0.717, 1.165) is 5.56 Å². The van der Waals surface area contributed by atoms with Crippen molar-refractivity contribution in [1.29, 1.82) is 0 Å². The van der Waals surface area contributed by atoms with Gasteiger partial charge >= 0.3 is 18.3 Å². The van der Waals surface area contributed by atoms with Gasteiger partial charge in [-0.3, -0.25) is 19.2 Å². The third-order valence-electron chi connectivity index (χ3n) is 13.0. The van der Waals surface area contributed by atoms with E-state index < -0.39 is 108 Å². The fourth-order valence-electron chi connectivity index (χ4n) is 9.37. The van der Waals surface area contributed by atoms with Gasteiger partial charge in [0, 0.05) is 38.5 Å². The molecule has 0 saturated carbocycles. The number of nitrogens with zero attached hydrogens (tertiary/aromatic N) is 2. The van der Waals surface area contributed by atoms with Crippen LogP contribution >= 0.6 is 0 Å². The van der Waals surface area contributed by atoms with Crippen molar-refractivity contribution >= 4 is 41.9 Å². The number of carboxylic acid groups (broad SMARTS) is 1. The summed E-state index contributed by atoms with van der Waals surface area (Å²) in [6.45, 7) is 12.5. The third kappa shape index (κ3) is 16.9. The largest absolute Gasteiger partial charge is 0.465 e. The summed E-state index contributed by atoms with van der Waals surface area (Å²) in [6.07, 6.45) is -2.31. The van der Waals surface area contributed by atoms with Crippen LogP contribution in [0.2, 0.25) is 0 Å². The minimum Gasteiger partial charge on any atom is -0.465 e. The monoisotopic (exact) mass is 1030 g/mol. The number of amides is 7. The number of piperidine rings is 1. The molecule has 3 aromatic carbocycles. The molecule has 404 valence electrons. The normalized spacial score (nSPS) is 18.9. The Hall–Kier alpha value is -6.79. The molecule has 1 spiro atoms. The summed E-state index contributed by atoms with van der Waals surface area (Å²) in [5, 5.41) is 23.5. The van der Waals surface area contributed by atoms with Gasteiger partial charge in [-0.25, -0.2) is 23.2 Å². The van der Waals surface area contributed by atoms with Gasteiger partial charge in [0.25, 0.3) is 5.92 Å². The van der Waals surface area contributed by atoms with Crippen molar-refractivity contribution in [3.05, 3.63) is 108 Å². The molecule has 2 unspecified atom stereocenters. The van der Waals surface area contributed by atoms with E-state index in [-0.39, 0.29) is 64.0 Å². The van der Waals surface area contributed by atoms with Crippen molar-refractivity contribution in [1.82, 2.24) is 36.4 Å². The quantitative estimate of drug-likeness (QED) is 0.0598. The lowest BCUT2D eigenvalue weighted by molar-refractivity contribution is -0.248. The average Bonchev–Trinajstić information content (AvgIpc) is 3.30. The Kier molecular flexibility index (Phi) is 20.0. The Balaban J connectivity index is 1.42. The number of hydrogen-bond acceptors (Lipinski definition) is 9. The first kappa shape index (κ1) is 58.1. The van der Waals surface area contributed by atoms with Gasteiger partial charge in [-0.1, -0.05) is 105 Å². The Bertz CT molecular complexity index is 2380. The summed E-state index contributed by atoms with van der Waals surface area (Å²) in [4.78, 5) is 97.9. The first-order valence-electron chi connectivity index (χ1n) is 25.4. The zero-order valence-electron chi connectivity index (χ0n) is 43.9. The molecule has 7 amide bonds. The number of likely N-dealkylation sites (tertiary alicyclic amines) is 2. The van der Waals surface area contributed by atoms with Crippen LogP contribution in [0.15, 0.2) is 91.0 Å². The van der Waals surface area contributed by atoms with Crippen LogP contribution in [0.25, 0.3) is 0 Å². The SMILES string of the molecule is CC(C)C[C@@H](NC(=O)[C@@H](Cc1ccccc1)NC(=O)[C@@H](Cc1ccccc1)NC(=O)OC(C)(C)C)C(=O)N[C@H](CCCCNC(=O)OC(C)(C)C)C(=O)N1CC2(CCN(C(=O)O)CC2(F)F)C1Cc1ccccc1. The highest BCUT2D eigenvalue weighted by atomic mass is 19.3. The van der Waals surface area contributed by atoms with Crippen LogP contribution in [-0.4, -0.2) is 130 Å². The molecule has 17 nitrogen and oxygen atoms in total. The first-order chi connectivity index (χ1) is 34.8. The average molecular weight is 1030 g/mol. The lowest BCUT2D eigenvalue weighted by atomic mass is 9.61. The van der Waals surface area contributed by atoms with E-state index in [1.54, 1.807) is 126 Å². The molecule has 2 aliphatic heterocycles. The Morgan fingerprint density at radius 1 is 0.649 bits per heavy atom. The molecular formula is C55H75F2N7O10. The van der Waals surface area contributed by atoms with E-state index in [0.29, 0.717) is 22.4 Å². The number of carbonyl (C=O) groups is 7. The van der Waals surface area contributed by atoms with Crippen LogP contribution in [0.5, 0.6) is 0 Å². The van der Waals surface area contributed by atoms with E-state index in [1.165, 1.54) is 4.90 Å². The van der Waals surface area contributed by atoms with E-state index >= 15 is 8.78 Å². The summed E-state index contributed by atoms with van der Waals surface area (Å²) in [6, 6.07) is 20.7. The molecule has 74 heavy (non-hydrogen) atoms. The molecule has 2 aliphatic rings. The van der Waals surface area contributed by atoms with Crippen LogP contribution < -0.4 is 26.6 Å².